The fourth-order valence-corrected chi connectivity index (χ4v) is 6.00. The van der Waals surface area contributed by atoms with Gasteiger partial charge in [0.15, 0.2) is 5.15 Å². The lowest BCUT2D eigenvalue weighted by Gasteiger charge is -2.14. The number of rotatable bonds is 4. The summed E-state index contributed by atoms with van der Waals surface area (Å²) in [4.78, 5) is 16.8. The van der Waals surface area contributed by atoms with Crippen molar-refractivity contribution in [1.82, 2.24) is 19.9 Å². The van der Waals surface area contributed by atoms with Crippen molar-refractivity contribution < 1.29 is 26.3 Å². The van der Waals surface area contributed by atoms with Crippen molar-refractivity contribution in [1.29, 1.82) is 0 Å². The van der Waals surface area contributed by atoms with Crippen LogP contribution in [0.4, 0.5) is 32.2 Å². The van der Waals surface area contributed by atoms with Gasteiger partial charge in [-0.15, -0.1) is 22.7 Å². The second-order valence-electron chi connectivity index (χ2n) is 9.32. The van der Waals surface area contributed by atoms with Crippen molar-refractivity contribution in [3.05, 3.63) is 110 Å². The van der Waals surface area contributed by atoms with Crippen LogP contribution in [0.25, 0.3) is 20.4 Å². The third kappa shape index (κ3) is 8.87. The quantitative estimate of drug-likeness (QED) is 0.142. The van der Waals surface area contributed by atoms with E-state index in [2.05, 4.69) is 25.3 Å². The first-order chi connectivity index (χ1) is 21.3. The molecule has 4 aromatic heterocycles. The number of hydrogen-bond donors (Lipinski definition) is 2. The Labute approximate surface area is 267 Å². The molecule has 236 valence electrons. The van der Waals surface area contributed by atoms with E-state index >= 15 is 0 Å². The van der Waals surface area contributed by atoms with E-state index in [1.165, 1.54) is 41.7 Å². The highest BCUT2D eigenvalue weighted by atomic mass is 35.5. The molecule has 6 aromatic rings. The molecule has 6 rings (SSSR count). The standard InChI is InChI=1S/C15H12F3N3S.C8H8F3N.C7H5ClN2S/c1-9-20-12-6-7-22-13(12)14(21-9)19-8-10-4-2-3-5-11(10)15(16,17)18;9-8(10,11)7-4-2-1-3-6(7)5-12;1-4-9-5-2-3-11-6(5)7(8)10-4/h2-7H,8H2,1H3,(H,19,20,21);1-4H,5,12H2;2-3H,1H3. The number of hydrogen-bond acceptors (Lipinski definition) is 8. The second kappa shape index (κ2) is 14.5. The highest BCUT2D eigenvalue weighted by molar-refractivity contribution is 7.18. The number of aromatic nitrogens is 4. The maximum Gasteiger partial charge on any atom is 0.416 e. The van der Waals surface area contributed by atoms with Gasteiger partial charge in [-0.3, -0.25) is 0 Å². The molecule has 0 atom stereocenters. The maximum atomic E-state index is 13.0. The maximum absolute atomic E-state index is 13.0. The van der Waals surface area contributed by atoms with Crippen LogP contribution in [0.2, 0.25) is 5.15 Å². The average Bonchev–Trinajstić information content (AvgIpc) is 3.66. The Morgan fingerprint density at radius 2 is 1.18 bits per heavy atom. The lowest BCUT2D eigenvalue weighted by Crippen LogP contribution is -2.12. The SMILES string of the molecule is Cc1nc(Cl)c2sccc2n1.Cc1nc(NCc2ccccc2C(F)(F)F)c2sccc2n1.NCc1ccccc1C(F)(F)F. The van der Waals surface area contributed by atoms with Gasteiger partial charge in [-0.1, -0.05) is 48.0 Å². The average molecular weight is 683 g/mol. The number of thiophene rings is 2. The number of nitrogens with two attached hydrogens (primary N) is 1. The molecule has 4 heterocycles. The fraction of sp³-hybridized carbons (Fsp3) is 0.200. The Morgan fingerprint density at radius 3 is 1.73 bits per heavy atom. The number of nitrogens with one attached hydrogen (secondary N) is 1. The minimum atomic E-state index is -4.36. The monoisotopic (exact) mass is 682 g/mol. The summed E-state index contributed by atoms with van der Waals surface area (Å²) in [5.74, 6) is 1.87. The van der Waals surface area contributed by atoms with Gasteiger partial charge in [-0.05, 0) is 60.0 Å². The first kappa shape index (κ1) is 34.0. The lowest BCUT2D eigenvalue weighted by molar-refractivity contribution is -0.139. The molecule has 0 radical (unpaired) electrons. The van der Waals surface area contributed by atoms with Crippen molar-refractivity contribution in [2.45, 2.75) is 39.3 Å². The molecule has 0 bridgehead atoms. The molecule has 0 amide bonds. The molecule has 45 heavy (non-hydrogen) atoms. The van der Waals surface area contributed by atoms with Crippen molar-refractivity contribution in [3.8, 4) is 0 Å². The summed E-state index contributed by atoms with van der Waals surface area (Å²) in [5, 5.41) is 7.41. The fourth-order valence-electron chi connectivity index (χ4n) is 4.14. The zero-order valence-corrected chi connectivity index (χ0v) is 26.1. The van der Waals surface area contributed by atoms with Crippen molar-refractivity contribution in [3.63, 3.8) is 0 Å². The van der Waals surface area contributed by atoms with E-state index in [0.717, 1.165) is 38.4 Å². The molecular weight excluding hydrogens is 658 g/mol. The van der Waals surface area contributed by atoms with Crippen LogP contribution in [0.15, 0.2) is 71.4 Å². The third-order valence-corrected chi connectivity index (χ3v) is 8.31. The zero-order valence-electron chi connectivity index (χ0n) is 23.7. The third-order valence-electron chi connectivity index (χ3n) is 6.10. The normalized spacial score (nSPS) is 11.5. The van der Waals surface area contributed by atoms with Gasteiger partial charge in [-0.2, -0.15) is 26.3 Å². The highest BCUT2D eigenvalue weighted by Crippen LogP contribution is 2.33. The van der Waals surface area contributed by atoms with Gasteiger partial charge in [0.25, 0.3) is 0 Å². The predicted molar refractivity (Wildman–Crippen MR) is 167 cm³/mol. The van der Waals surface area contributed by atoms with E-state index in [1.54, 1.807) is 24.3 Å². The van der Waals surface area contributed by atoms with E-state index in [1.807, 2.05) is 29.8 Å². The summed E-state index contributed by atoms with van der Waals surface area (Å²) in [6, 6.07) is 14.6. The van der Waals surface area contributed by atoms with Crippen LogP contribution in [-0.4, -0.2) is 19.9 Å². The van der Waals surface area contributed by atoms with E-state index in [4.69, 9.17) is 17.3 Å². The van der Waals surface area contributed by atoms with Crippen LogP contribution < -0.4 is 11.1 Å². The Hall–Kier alpha value is -3.85. The van der Waals surface area contributed by atoms with Gasteiger partial charge in [0, 0.05) is 13.1 Å². The van der Waals surface area contributed by atoms with Gasteiger partial charge in [0.1, 0.15) is 17.5 Å². The van der Waals surface area contributed by atoms with Crippen LogP contribution in [0.5, 0.6) is 0 Å². The van der Waals surface area contributed by atoms with Crippen molar-refractivity contribution in [2.75, 3.05) is 5.32 Å². The topological polar surface area (TPSA) is 89.6 Å². The smallest absolute Gasteiger partial charge is 0.365 e. The van der Waals surface area contributed by atoms with Crippen LogP contribution in [0.3, 0.4) is 0 Å². The molecule has 0 aliphatic rings. The second-order valence-corrected chi connectivity index (χ2v) is 11.5. The summed E-state index contributed by atoms with van der Waals surface area (Å²) in [6.45, 7) is 3.56. The highest BCUT2D eigenvalue weighted by Gasteiger charge is 2.33. The molecule has 15 heteroatoms. The number of alkyl halides is 6. The van der Waals surface area contributed by atoms with Crippen LogP contribution >= 0.6 is 34.3 Å². The molecule has 0 saturated heterocycles. The van der Waals surface area contributed by atoms with Crippen LogP contribution in [-0.2, 0) is 25.4 Å². The van der Waals surface area contributed by atoms with E-state index in [0.29, 0.717) is 16.8 Å². The van der Waals surface area contributed by atoms with Gasteiger partial charge in [-0.25, -0.2) is 19.9 Å². The Morgan fingerprint density at radius 1 is 0.689 bits per heavy atom. The number of anilines is 1. The van der Waals surface area contributed by atoms with E-state index in [9.17, 15) is 26.3 Å². The number of benzene rings is 2. The van der Waals surface area contributed by atoms with E-state index in [-0.39, 0.29) is 24.2 Å². The van der Waals surface area contributed by atoms with Crippen LogP contribution in [0.1, 0.15) is 33.9 Å². The number of fused-ring (bicyclic) bond motifs is 2. The largest absolute Gasteiger partial charge is 0.416 e. The number of halogens is 7. The zero-order chi connectivity index (χ0) is 32.8. The molecule has 0 fully saturated rings. The minimum Gasteiger partial charge on any atom is -0.365 e. The van der Waals surface area contributed by atoms with Gasteiger partial charge in [0.05, 0.1) is 31.6 Å². The van der Waals surface area contributed by atoms with Crippen LogP contribution in [0, 0.1) is 13.8 Å². The van der Waals surface area contributed by atoms with Crippen molar-refractivity contribution >= 4 is 60.5 Å². The summed E-state index contributed by atoms with van der Waals surface area (Å²) >= 11 is 8.89. The summed E-state index contributed by atoms with van der Waals surface area (Å²) < 4.78 is 77.3. The minimum absolute atomic E-state index is 0.0547. The lowest BCUT2D eigenvalue weighted by atomic mass is 10.1. The molecule has 0 unspecified atom stereocenters. The first-order valence-corrected chi connectivity index (χ1v) is 15.2. The molecule has 0 saturated carbocycles. The predicted octanol–water partition coefficient (Wildman–Crippen LogP) is 9.45. The molecule has 0 spiro atoms. The van der Waals surface area contributed by atoms with Gasteiger partial charge < -0.3 is 11.1 Å². The number of aryl methyl sites for hydroxylation is 2. The van der Waals surface area contributed by atoms with Gasteiger partial charge in [0.2, 0.25) is 0 Å². The van der Waals surface area contributed by atoms with Gasteiger partial charge >= 0.3 is 12.4 Å². The molecule has 3 N–H and O–H groups in total. The molecular formula is C30H25ClF6N6S2. The summed E-state index contributed by atoms with van der Waals surface area (Å²) in [7, 11) is 0. The molecule has 0 aliphatic heterocycles. The number of nitrogens with zero attached hydrogens (tertiary/aromatic N) is 4. The van der Waals surface area contributed by atoms with E-state index < -0.39 is 23.5 Å². The summed E-state index contributed by atoms with van der Waals surface area (Å²) in [6.07, 6.45) is -8.66. The Kier molecular flexibility index (Phi) is 11.0. The Balaban J connectivity index is 0.000000169. The molecule has 6 nitrogen and oxygen atoms in total. The first-order valence-electron chi connectivity index (χ1n) is 13.1. The summed E-state index contributed by atoms with van der Waals surface area (Å²) in [5.41, 5.74) is 5.93. The molecule has 0 aliphatic carbocycles. The van der Waals surface area contributed by atoms with Crippen molar-refractivity contribution in [2.24, 2.45) is 5.73 Å². The Bertz CT molecular complexity index is 1890. The molecule has 2 aromatic carbocycles.